The number of nitrogens with one attached hydrogen (secondary N) is 1. The molecule has 0 bridgehead atoms. The number of aromatic nitrogens is 5. The average molecular weight is 268 g/mol. The van der Waals surface area contributed by atoms with Gasteiger partial charge in [0.1, 0.15) is 0 Å². The first-order valence-electron chi connectivity index (χ1n) is 5.76. The number of anilines is 1. The number of nitrogen functional groups attached to an aromatic ring is 1. The summed E-state index contributed by atoms with van der Waals surface area (Å²) in [6, 6.07) is 0. The number of thioether (sulfide) groups is 1. The Hall–Kier alpha value is -1.70. The Kier molecular flexibility index (Phi) is 4.08. The highest BCUT2D eigenvalue weighted by molar-refractivity contribution is 7.99. The molecule has 0 spiro atoms. The summed E-state index contributed by atoms with van der Waals surface area (Å²) in [6.07, 6.45) is 4.30. The van der Waals surface area contributed by atoms with Crippen molar-refractivity contribution in [2.75, 3.05) is 11.5 Å². The van der Waals surface area contributed by atoms with E-state index in [9.17, 15) is 4.79 Å². The summed E-state index contributed by atoms with van der Waals surface area (Å²) in [6.45, 7) is 3.45. The Morgan fingerprint density at radius 1 is 1.50 bits per heavy atom. The quantitative estimate of drug-likeness (QED) is 0.746. The molecule has 0 amide bonds. The highest BCUT2D eigenvalue weighted by atomic mass is 32.2. The van der Waals surface area contributed by atoms with E-state index in [1.54, 1.807) is 21.6 Å². The molecule has 0 aliphatic carbocycles. The first-order valence-corrected chi connectivity index (χ1v) is 6.75. The van der Waals surface area contributed by atoms with Crippen LogP contribution in [0.3, 0.4) is 0 Å². The van der Waals surface area contributed by atoms with Crippen LogP contribution >= 0.6 is 11.8 Å². The van der Waals surface area contributed by atoms with Gasteiger partial charge in [-0.3, -0.25) is 9.25 Å². The molecule has 2 heterocycles. The SMILES string of the molecule is CCCn1c(SCCn2cc(N)cn2)n[nH]c1=O. The number of nitrogens with two attached hydrogens (primary N) is 1. The molecule has 7 nitrogen and oxygen atoms in total. The van der Waals surface area contributed by atoms with Gasteiger partial charge in [-0.25, -0.2) is 9.89 Å². The van der Waals surface area contributed by atoms with Gasteiger partial charge in [0.2, 0.25) is 0 Å². The zero-order chi connectivity index (χ0) is 13.0. The fourth-order valence-electron chi connectivity index (χ4n) is 1.57. The topological polar surface area (TPSA) is 94.5 Å². The van der Waals surface area contributed by atoms with Gasteiger partial charge in [-0.15, -0.1) is 5.10 Å². The van der Waals surface area contributed by atoms with Gasteiger partial charge in [-0.05, 0) is 6.42 Å². The Bertz CT molecular complexity index is 557. The smallest absolute Gasteiger partial charge is 0.343 e. The lowest BCUT2D eigenvalue weighted by Crippen LogP contribution is -2.17. The largest absolute Gasteiger partial charge is 0.396 e. The Morgan fingerprint density at radius 2 is 2.33 bits per heavy atom. The van der Waals surface area contributed by atoms with Crippen molar-refractivity contribution in [2.24, 2.45) is 0 Å². The molecule has 2 aromatic heterocycles. The van der Waals surface area contributed by atoms with Crippen molar-refractivity contribution in [2.45, 2.75) is 31.6 Å². The summed E-state index contributed by atoms with van der Waals surface area (Å²) in [4.78, 5) is 11.5. The molecule has 0 radical (unpaired) electrons. The Morgan fingerprint density at radius 3 is 3.00 bits per heavy atom. The zero-order valence-electron chi connectivity index (χ0n) is 10.2. The normalized spacial score (nSPS) is 10.9. The van der Waals surface area contributed by atoms with Crippen molar-refractivity contribution in [3.05, 3.63) is 22.9 Å². The van der Waals surface area contributed by atoms with Gasteiger partial charge >= 0.3 is 5.69 Å². The van der Waals surface area contributed by atoms with Crippen LogP contribution in [0.15, 0.2) is 22.3 Å². The molecular weight excluding hydrogens is 252 g/mol. The zero-order valence-corrected chi connectivity index (χ0v) is 11.0. The number of rotatable bonds is 6. The van der Waals surface area contributed by atoms with Gasteiger partial charge in [0.15, 0.2) is 5.16 Å². The minimum atomic E-state index is -0.150. The molecule has 2 aromatic rings. The van der Waals surface area contributed by atoms with Gasteiger partial charge in [0, 0.05) is 18.5 Å². The lowest BCUT2D eigenvalue weighted by molar-refractivity contribution is 0.602. The highest BCUT2D eigenvalue weighted by Crippen LogP contribution is 2.13. The molecule has 8 heteroatoms. The Labute approximate surface area is 108 Å². The van der Waals surface area contributed by atoms with E-state index in [0.717, 1.165) is 23.9 Å². The van der Waals surface area contributed by atoms with Crippen molar-refractivity contribution in [1.82, 2.24) is 24.5 Å². The Balaban J connectivity index is 1.92. The van der Waals surface area contributed by atoms with Crippen LogP contribution in [0.2, 0.25) is 0 Å². The first kappa shape index (κ1) is 12.7. The molecule has 0 atom stereocenters. The third-order valence-corrected chi connectivity index (χ3v) is 3.33. The monoisotopic (exact) mass is 268 g/mol. The van der Waals surface area contributed by atoms with Gasteiger partial charge in [-0.1, -0.05) is 18.7 Å². The predicted octanol–water partition coefficient (Wildman–Crippen LogP) is 0.552. The van der Waals surface area contributed by atoms with Crippen molar-refractivity contribution in [1.29, 1.82) is 0 Å². The number of aromatic amines is 1. The summed E-state index contributed by atoms with van der Waals surface area (Å²) in [5.74, 6) is 0.787. The summed E-state index contributed by atoms with van der Waals surface area (Å²) in [7, 11) is 0. The summed E-state index contributed by atoms with van der Waals surface area (Å²) >= 11 is 1.53. The van der Waals surface area contributed by atoms with Gasteiger partial charge in [-0.2, -0.15) is 5.10 Å². The fourth-order valence-corrected chi connectivity index (χ4v) is 2.47. The minimum absolute atomic E-state index is 0.150. The van der Waals surface area contributed by atoms with E-state index in [1.807, 2.05) is 6.92 Å². The van der Waals surface area contributed by atoms with Gasteiger partial charge < -0.3 is 5.73 Å². The second-order valence-electron chi connectivity index (χ2n) is 3.85. The molecule has 0 aliphatic heterocycles. The molecule has 0 saturated carbocycles. The molecule has 98 valence electrons. The van der Waals surface area contributed by atoms with Crippen molar-refractivity contribution < 1.29 is 0 Å². The van der Waals surface area contributed by atoms with E-state index < -0.39 is 0 Å². The van der Waals surface area contributed by atoms with Crippen LogP contribution < -0.4 is 11.4 Å². The molecule has 0 aliphatic rings. The molecule has 0 unspecified atom stereocenters. The second kappa shape index (κ2) is 5.76. The maximum Gasteiger partial charge on any atom is 0.343 e. The van der Waals surface area contributed by atoms with E-state index in [-0.39, 0.29) is 5.69 Å². The maximum absolute atomic E-state index is 11.5. The molecular formula is C10H16N6OS. The van der Waals surface area contributed by atoms with E-state index in [4.69, 9.17) is 5.73 Å². The minimum Gasteiger partial charge on any atom is -0.396 e. The standard InChI is InChI=1S/C10H16N6OS/c1-2-3-16-9(17)13-14-10(16)18-5-4-15-7-8(11)6-12-15/h6-7H,2-5,11H2,1H3,(H,13,17). The highest BCUT2D eigenvalue weighted by Gasteiger charge is 2.07. The van der Waals surface area contributed by atoms with Crippen LogP contribution in [0.1, 0.15) is 13.3 Å². The number of hydrogen-bond donors (Lipinski definition) is 2. The van der Waals surface area contributed by atoms with Gasteiger partial charge in [0.25, 0.3) is 0 Å². The van der Waals surface area contributed by atoms with Crippen molar-refractivity contribution in [3.8, 4) is 0 Å². The summed E-state index contributed by atoms with van der Waals surface area (Å²) < 4.78 is 3.43. The van der Waals surface area contributed by atoms with Crippen LogP contribution in [0.5, 0.6) is 0 Å². The third kappa shape index (κ3) is 2.95. The van der Waals surface area contributed by atoms with E-state index in [2.05, 4.69) is 15.3 Å². The van der Waals surface area contributed by atoms with Crippen LogP contribution in [-0.2, 0) is 13.1 Å². The van der Waals surface area contributed by atoms with E-state index >= 15 is 0 Å². The number of H-pyrrole nitrogens is 1. The van der Waals surface area contributed by atoms with Crippen LogP contribution in [-0.4, -0.2) is 30.3 Å². The number of nitrogens with zero attached hydrogens (tertiary/aromatic N) is 4. The molecule has 0 saturated heterocycles. The average Bonchev–Trinajstić information content (AvgIpc) is 2.90. The first-order chi connectivity index (χ1) is 8.70. The number of aryl methyl sites for hydroxylation is 1. The van der Waals surface area contributed by atoms with Crippen LogP contribution in [0, 0.1) is 0 Å². The molecule has 18 heavy (non-hydrogen) atoms. The lowest BCUT2D eigenvalue weighted by atomic mass is 10.5. The van der Waals surface area contributed by atoms with Crippen LogP contribution in [0.25, 0.3) is 0 Å². The van der Waals surface area contributed by atoms with Crippen LogP contribution in [0.4, 0.5) is 5.69 Å². The molecule has 0 aromatic carbocycles. The second-order valence-corrected chi connectivity index (χ2v) is 4.91. The number of hydrogen-bond acceptors (Lipinski definition) is 5. The predicted molar refractivity (Wildman–Crippen MR) is 70.5 cm³/mol. The molecule has 3 N–H and O–H groups in total. The summed E-state index contributed by atoms with van der Waals surface area (Å²) in [5, 5.41) is 11.3. The molecule has 2 rings (SSSR count). The van der Waals surface area contributed by atoms with E-state index in [1.165, 1.54) is 11.8 Å². The third-order valence-electron chi connectivity index (χ3n) is 2.38. The summed E-state index contributed by atoms with van der Waals surface area (Å²) in [5.41, 5.74) is 6.08. The maximum atomic E-state index is 11.5. The van der Waals surface area contributed by atoms with Gasteiger partial charge in [0.05, 0.1) is 18.4 Å². The van der Waals surface area contributed by atoms with Crippen molar-refractivity contribution >= 4 is 17.4 Å². The fraction of sp³-hybridized carbons (Fsp3) is 0.500. The molecule has 0 fully saturated rings. The lowest BCUT2D eigenvalue weighted by Gasteiger charge is -2.03. The van der Waals surface area contributed by atoms with E-state index in [0.29, 0.717) is 12.2 Å². The van der Waals surface area contributed by atoms with Crippen molar-refractivity contribution in [3.63, 3.8) is 0 Å².